The van der Waals surface area contributed by atoms with Crippen molar-refractivity contribution < 1.29 is 4.79 Å². The number of rotatable bonds is 8. The van der Waals surface area contributed by atoms with Crippen molar-refractivity contribution in [3.8, 4) is 0 Å². The number of hydrogen-bond donors (Lipinski definition) is 1. The molecule has 20 heavy (non-hydrogen) atoms. The van der Waals surface area contributed by atoms with Crippen molar-refractivity contribution in [2.24, 2.45) is 0 Å². The van der Waals surface area contributed by atoms with Crippen LogP contribution < -0.4 is 5.32 Å². The Labute approximate surface area is 130 Å². The lowest BCUT2D eigenvalue weighted by Gasteiger charge is -2.20. The summed E-state index contributed by atoms with van der Waals surface area (Å²) in [5.41, 5.74) is 2.00. The first-order valence-corrected chi connectivity index (χ1v) is 8.14. The van der Waals surface area contributed by atoms with Gasteiger partial charge in [0.2, 0.25) is 5.91 Å². The van der Waals surface area contributed by atoms with E-state index in [1.165, 1.54) is 0 Å². The second-order valence-electron chi connectivity index (χ2n) is 5.10. The number of carbonyl (C=O) groups excluding carboxylic acids is 1. The van der Waals surface area contributed by atoms with Gasteiger partial charge in [0.05, 0.1) is 0 Å². The largest absolute Gasteiger partial charge is 0.326 e. The summed E-state index contributed by atoms with van der Waals surface area (Å²) >= 11 is 3.46. The number of hydrogen-bond acceptors (Lipinski definition) is 2. The molecule has 4 heteroatoms. The normalized spacial score (nSPS) is 10.8. The molecule has 0 aliphatic rings. The van der Waals surface area contributed by atoms with Gasteiger partial charge in [0.25, 0.3) is 0 Å². The van der Waals surface area contributed by atoms with Crippen LogP contribution >= 0.6 is 15.9 Å². The Kier molecular flexibility index (Phi) is 7.85. The van der Waals surface area contributed by atoms with E-state index in [1.54, 1.807) is 0 Å². The fourth-order valence-electron chi connectivity index (χ4n) is 2.17. The highest BCUT2D eigenvalue weighted by atomic mass is 79.9. The van der Waals surface area contributed by atoms with Crippen LogP contribution in [0.1, 0.15) is 38.7 Å². The average molecular weight is 341 g/mol. The summed E-state index contributed by atoms with van der Waals surface area (Å²) in [5.74, 6) is 0.0870. The zero-order valence-electron chi connectivity index (χ0n) is 12.7. The minimum absolute atomic E-state index is 0.0870. The maximum Gasteiger partial charge on any atom is 0.225 e. The summed E-state index contributed by atoms with van der Waals surface area (Å²) in [6, 6.07) is 5.87. The Morgan fingerprint density at radius 3 is 2.40 bits per heavy atom. The number of anilines is 1. The molecule has 0 aliphatic carbocycles. The molecule has 1 aromatic carbocycles. The number of nitrogens with one attached hydrogen (secondary N) is 1. The van der Waals surface area contributed by atoms with Gasteiger partial charge in [-0.1, -0.05) is 29.8 Å². The molecule has 0 spiro atoms. The van der Waals surface area contributed by atoms with E-state index in [0.717, 1.165) is 48.2 Å². The van der Waals surface area contributed by atoms with E-state index < -0.39 is 0 Å². The predicted molar refractivity (Wildman–Crippen MR) is 89.1 cm³/mol. The minimum atomic E-state index is 0.0870. The molecule has 0 atom stereocenters. The number of halogens is 1. The van der Waals surface area contributed by atoms with Gasteiger partial charge in [-0.3, -0.25) is 4.79 Å². The highest BCUT2D eigenvalue weighted by molar-refractivity contribution is 9.10. The van der Waals surface area contributed by atoms with Crippen LogP contribution in [-0.2, 0) is 4.79 Å². The topological polar surface area (TPSA) is 32.3 Å². The van der Waals surface area contributed by atoms with Crippen LogP contribution in [0.15, 0.2) is 22.7 Å². The molecule has 0 aromatic heterocycles. The number of amides is 1. The first-order valence-electron chi connectivity index (χ1n) is 7.35. The number of carbonyl (C=O) groups is 1. The SMILES string of the molecule is CCCN(CCC)CCC(=O)Nc1ccc(Br)c(C)c1. The molecule has 0 saturated carbocycles. The summed E-state index contributed by atoms with van der Waals surface area (Å²) in [7, 11) is 0. The fraction of sp³-hybridized carbons (Fsp3) is 0.562. The van der Waals surface area contributed by atoms with Crippen LogP contribution in [0, 0.1) is 6.92 Å². The van der Waals surface area contributed by atoms with E-state index in [9.17, 15) is 4.79 Å². The first kappa shape index (κ1) is 17.2. The molecule has 0 radical (unpaired) electrons. The molecule has 3 nitrogen and oxygen atoms in total. The van der Waals surface area contributed by atoms with Gasteiger partial charge in [-0.05, 0) is 56.6 Å². The number of nitrogens with zero attached hydrogens (tertiary/aromatic N) is 1. The summed E-state index contributed by atoms with van der Waals surface area (Å²) in [5, 5.41) is 2.96. The Morgan fingerprint density at radius 2 is 1.85 bits per heavy atom. The van der Waals surface area contributed by atoms with Crippen molar-refractivity contribution >= 4 is 27.5 Å². The van der Waals surface area contributed by atoms with Crippen LogP contribution in [0.3, 0.4) is 0 Å². The maximum absolute atomic E-state index is 12.0. The zero-order valence-corrected chi connectivity index (χ0v) is 14.3. The predicted octanol–water partition coefficient (Wildman–Crippen LogP) is 4.21. The highest BCUT2D eigenvalue weighted by Crippen LogP contribution is 2.20. The molecule has 0 bridgehead atoms. The van der Waals surface area contributed by atoms with Gasteiger partial charge >= 0.3 is 0 Å². The lowest BCUT2D eigenvalue weighted by Crippen LogP contribution is -2.29. The Hall–Kier alpha value is -0.870. The van der Waals surface area contributed by atoms with E-state index in [1.807, 2.05) is 25.1 Å². The summed E-state index contributed by atoms with van der Waals surface area (Å²) in [6.45, 7) is 9.34. The van der Waals surface area contributed by atoms with Crippen LogP contribution in [0.2, 0.25) is 0 Å². The third-order valence-corrected chi connectivity index (χ3v) is 4.07. The molecule has 1 aromatic rings. The standard InChI is InChI=1S/C16H25BrN2O/c1-4-9-19(10-5-2)11-8-16(20)18-14-6-7-15(17)13(3)12-14/h6-7,12H,4-5,8-11H2,1-3H3,(H,18,20). The lowest BCUT2D eigenvalue weighted by atomic mass is 10.2. The van der Waals surface area contributed by atoms with Crippen LogP contribution in [0.4, 0.5) is 5.69 Å². The van der Waals surface area contributed by atoms with Gasteiger partial charge in [-0.25, -0.2) is 0 Å². The van der Waals surface area contributed by atoms with Crippen LogP contribution in [-0.4, -0.2) is 30.4 Å². The molecule has 0 fully saturated rings. The van der Waals surface area contributed by atoms with Crippen LogP contribution in [0.25, 0.3) is 0 Å². The van der Waals surface area contributed by atoms with Gasteiger partial charge in [0.15, 0.2) is 0 Å². The third kappa shape index (κ3) is 6.06. The van der Waals surface area contributed by atoms with E-state index in [-0.39, 0.29) is 5.91 Å². The van der Waals surface area contributed by atoms with Crippen molar-refractivity contribution in [2.45, 2.75) is 40.0 Å². The molecular weight excluding hydrogens is 316 g/mol. The van der Waals surface area contributed by atoms with Crippen molar-refractivity contribution in [2.75, 3.05) is 25.0 Å². The van der Waals surface area contributed by atoms with Crippen molar-refractivity contribution in [3.05, 3.63) is 28.2 Å². The fourth-order valence-corrected chi connectivity index (χ4v) is 2.42. The monoisotopic (exact) mass is 340 g/mol. The molecule has 1 amide bonds. The zero-order chi connectivity index (χ0) is 15.0. The molecule has 1 N–H and O–H groups in total. The summed E-state index contributed by atoms with van der Waals surface area (Å²) in [6.07, 6.45) is 2.82. The maximum atomic E-state index is 12.0. The smallest absolute Gasteiger partial charge is 0.225 e. The molecule has 0 saturated heterocycles. The van der Waals surface area contributed by atoms with Gasteiger partial charge in [-0.15, -0.1) is 0 Å². The average Bonchev–Trinajstić information content (AvgIpc) is 2.41. The van der Waals surface area contributed by atoms with E-state index in [2.05, 4.69) is 40.0 Å². The molecular formula is C16H25BrN2O. The number of aryl methyl sites for hydroxylation is 1. The molecule has 0 heterocycles. The second-order valence-corrected chi connectivity index (χ2v) is 5.96. The van der Waals surface area contributed by atoms with E-state index in [0.29, 0.717) is 6.42 Å². The Bertz CT molecular complexity index is 428. The van der Waals surface area contributed by atoms with Gasteiger partial charge < -0.3 is 10.2 Å². The molecule has 0 unspecified atom stereocenters. The molecule has 0 aliphatic heterocycles. The highest BCUT2D eigenvalue weighted by Gasteiger charge is 2.07. The first-order chi connectivity index (χ1) is 9.56. The number of benzene rings is 1. The van der Waals surface area contributed by atoms with E-state index in [4.69, 9.17) is 0 Å². The molecule has 1 rings (SSSR count). The van der Waals surface area contributed by atoms with Crippen molar-refractivity contribution in [1.29, 1.82) is 0 Å². The van der Waals surface area contributed by atoms with Gasteiger partial charge in [0, 0.05) is 23.1 Å². The van der Waals surface area contributed by atoms with E-state index >= 15 is 0 Å². The second kappa shape index (κ2) is 9.14. The van der Waals surface area contributed by atoms with Crippen molar-refractivity contribution in [1.82, 2.24) is 4.90 Å². The Morgan fingerprint density at radius 1 is 1.20 bits per heavy atom. The summed E-state index contributed by atoms with van der Waals surface area (Å²) in [4.78, 5) is 14.3. The third-order valence-electron chi connectivity index (χ3n) is 3.18. The lowest BCUT2D eigenvalue weighted by molar-refractivity contribution is -0.116. The van der Waals surface area contributed by atoms with Gasteiger partial charge in [0.1, 0.15) is 0 Å². The van der Waals surface area contributed by atoms with Gasteiger partial charge in [-0.2, -0.15) is 0 Å². The quantitative estimate of drug-likeness (QED) is 0.768. The summed E-state index contributed by atoms with van der Waals surface area (Å²) < 4.78 is 1.06. The molecule has 112 valence electrons. The minimum Gasteiger partial charge on any atom is -0.326 e. The Balaban J connectivity index is 2.44. The van der Waals surface area contributed by atoms with Crippen LogP contribution in [0.5, 0.6) is 0 Å². The van der Waals surface area contributed by atoms with Crippen molar-refractivity contribution in [3.63, 3.8) is 0 Å².